The van der Waals surface area contributed by atoms with Crippen molar-refractivity contribution in [3.63, 3.8) is 0 Å². The second-order valence-corrected chi connectivity index (χ2v) is 5.71. The molecule has 0 saturated heterocycles. The highest BCUT2D eigenvalue weighted by molar-refractivity contribution is 6.28. The van der Waals surface area contributed by atoms with Gasteiger partial charge < -0.3 is 10.3 Å². The molecular weight excluding hydrogens is 353 g/mol. The average Bonchev–Trinajstić information content (AvgIpc) is 2.60. The molecule has 25 heavy (non-hydrogen) atoms. The molecule has 0 radical (unpaired) electrons. The minimum absolute atomic E-state index is 0.0834. The summed E-state index contributed by atoms with van der Waals surface area (Å²) in [5.74, 6) is -2.09. The normalized spacial score (nSPS) is 16.6. The van der Waals surface area contributed by atoms with Crippen LogP contribution in [0.5, 0.6) is 0 Å². The van der Waals surface area contributed by atoms with Crippen LogP contribution in [0.15, 0.2) is 12.4 Å². The van der Waals surface area contributed by atoms with Crippen LogP contribution in [0.2, 0.25) is 5.15 Å². The average molecular weight is 368 g/mol. The number of nitrogens with zero attached hydrogens (tertiary/aromatic N) is 4. The van der Waals surface area contributed by atoms with Crippen LogP contribution in [0.1, 0.15) is 35.6 Å². The standard InChI is InChI=1S/C15H15ClFN5O3/c1-3-9-11(10(4-2)19-6-18-9)21-14-7(13(23)20-15(21)24)5-8(17)12(16)22(14)25/h5-6,15,24H,3-4H2,1-2H3,(H,20,23). The number of rotatable bonds is 3. The van der Waals surface area contributed by atoms with Crippen molar-refractivity contribution in [2.24, 2.45) is 0 Å². The molecule has 0 fully saturated rings. The maximum atomic E-state index is 13.8. The molecule has 2 N–H and O–H groups in total. The van der Waals surface area contributed by atoms with Crippen molar-refractivity contribution >= 4 is 29.0 Å². The molecule has 1 aliphatic rings. The summed E-state index contributed by atoms with van der Waals surface area (Å²) in [6, 6.07) is 0.862. The molecule has 2 aromatic rings. The zero-order valence-electron chi connectivity index (χ0n) is 13.5. The van der Waals surface area contributed by atoms with Crippen LogP contribution < -0.4 is 14.9 Å². The lowest BCUT2D eigenvalue weighted by Crippen LogP contribution is -2.56. The van der Waals surface area contributed by atoms with Gasteiger partial charge in [0.25, 0.3) is 12.3 Å². The number of aliphatic hydroxyl groups is 1. The molecule has 0 aliphatic carbocycles. The van der Waals surface area contributed by atoms with Crippen molar-refractivity contribution < 1.29 is 19.0 Å². The summed E-state index contributed by atoms with van der Waals surface area (Å²) < 4.78 is 13.9. The van der Waals surface area contributed by atoms with Crippen molar-refractivity contribution in [1.29, 1.82) is 0 Å². The highest BCUT2D eigenvalue weighted by atomic mass is 35.5. The van der Waals surface area contributed by atoms with Gasteiger partial charge in [0.05, 0.1) is 11.4 Å². The van der Waals surface area contributed by atoms with E-state index < -0.39 is 23.2 Å². The van der Waals surface area contributed by atoms with E-state index in [1.165, 1.54) is 11.2 Å². The SMILES string of the molecule is CCc1ncnc(CC)c1N1c2c(cc(F)c(Cl)[n+]2[O-])C(=O)NC1O. The van der Waals surface area contributed by atoms with Gasteiger partial charge in [-0.3, -0.25) is 10.1 Å². The number of aromatic nitrogens is 3. The zero-order chi connectivity index (χ0) is 18.3. The first-order chi connectivity index (χ1) is 11.9. The van der Waals surface area contributed by atoms with E-state index >= 15 is 0 Å². The Kier molecular flexibility index (Phi) is 4.44. The van der Waals surface area contributed by atoms with Crippen LogP contribution >= 0.6 is 11.6 Å². The molecule has 8 nitrogen and oxygen atoms in total. The van der Waals surface area contributed by atoms with Gasteiger partial charge in [0.1, 0.15) is 11.9 Å². The summed E-state index contributed by atoms with van der Waals surface area (Å²) in [5.41, 5.74) is 1.27. The third-order valence-corrected chi connectivity index (χ3v) is 4.28. The summed E-state index contributed by atoms with van der Waals surface area (Å²) in [7, 11) is 0. The fourth-order valence-corrected chi connectivity index (χ4v) is 2.94. The molecule has 0 spiro atoms. The van der Waals surface area contributed by atoms with E-state index in [2.05, 4.69) is 15.3 Å². The molecule has 1 unspecified atom stereocenters. The summed E-state index contributed by atoms with van der Waals surface area (Å²) in [6.45, 7) is 3.70. The number of halogens is 2. The Morgan fingerprint density at radius 1 is 1.40 bits per heavy atom. The molecule has 0 bridgehead atoms. The van der Waals surface area contributed by atoms with E-state index in [1.54, 1.807) is 0 Å². The van der Waals surface area contributed by atoms with Gasteiger partial charge >= 0.3 is 5.82 Å². The van der Waals surface area contributed by atoms with Gasteiger partial charge in [-0.1, -0.05) is 13.8 Å². The maximum Gasteiger partial charge on any atom is 0.303 e. The number of carbonyl (C=O) groups excluding carboxylic acids is 1. The smallest absolute Gasteiger partial charge is 0.303 e. The van der Waals surface area contributed by atoms with E-state index in [9.17, 15) is 19.5 Å². The third-order valence-electron chi connectivity index (χ3n) is 3.94. The van der Waals surface area contributed by atoms with Crippen LogP contribution in [0.3, 0.4) is 0 Å². The fourth-order valence-electron chi connectivity index (χ4n) is 2.80. The number of aliphatic hydroxyl groups excluding tert-OH is 1. The maximum absolute atomic E-state index is 13.8. The number of anilines is 2. The lowest BCUT2D eigenvalue weighted by atomic mass is 10.1. The molecule has 2 aromatic heterocycles. The van der Waals surface area contributed by atoms with Crippen molar-refractivity contribution in [2.75, 3.05) is 4.90 Å². The predicted molar refractivity (Wildman–Crippen MR) is 86.8 cm³/mol. The quantitative estimate of drug-likeness (QED) is 0.479. The van der Waals surface area contributed by atoms with Crippen LogP contribution in [0.4, 0.5) is 15.9 Å². The highest BCUT2D eigenvalue weighted by Gasteiger charge is 2.43. The van der Waals surface area contributed by atoms with Crippen molar-refractivity contribution in [3.05, 3.63) is 45.5 Å². The van der Waals surface area contributed by atoms with Crippen molar-refractivity contribution in [2.45, 2.75) is 33.0 Å². The molecule has 3 heterocycles. The van der Waals surface area contributed by atoms with Gasteiger partial charge in [0.15, 0.2) is 11.5 Å². The van der Waals surface area contributed by atoms with Gasteiger partial charge in [-0.2, -0.15) is 4.90 Å². The van der Waals surface area contributed by atoms with Gasteiger partial charge in [-0.05, 0) is 24.4 Å². The third kappa shape index (κ3) is 2.65. The van der Waals surface area contributed by atoms with Crippen molar-refractivity contribution in [3.8, 4) is 0 Å². The zero-order valence-corrected chi connectivity index (χ0v) is 14.2. The molecule has 3 rings (SSSR count). The van der Waals surface area contributed by atoms with Crippen LogP contribution in [0.25, 0.3) is 0 Å². The summed E-state index contributed by atoms with van der Waals surface area (Å²) in [6.07, 6.45) is 0.819. The van der Waals surface area contributed by atoms with E-state index in [1.807, 2.05) is 13.8 Å². The number of pyridine rings is 1. The molecule has 0 aromatic carbocycles. The van der Waals surface area contributed by atoms with Crippen molar-refractivity contribution in [1.82, 2.24) is 15.3 Å². The lowest BCUT2D eigenvalue weighted by molar-refractivity contribution is -0.592. The van der Waals surface area contributed by atoms with Crippen LogP contribution in [-0.4, -0.2) is 27.3 Å². The Bertz CT molecular complexity index is 841. The number of hydrogen-bond acceptors (Lipinski definition) is 6. The molecule has 1 aliphatic heterocycles. The molecule has 1 atom stereocenters. The molecule has 0 saturated carbocycles. The summed E-state index contributed by atoms with van der Waals surface area (Å²) >= 11 is 5.71. The van der Waals surface area contributed by atoms with E-state index in [0.29, 0.717) is 29.9 Å². The first-order valence-electron chi connectivity index (χ1n) is 7.63. The van der Waals surface area contributed by atoms with Crippen LogP contribution in [0, 0.1) is 11.0 Å². The van der Waals surface area contributed by atoms with E-state index in [4.69, 9.17) is 11.6 Å². The van der Waals surface area contributed by atoms with Gasteiger partial charge in [0, 0.05) is 6.07 Å². The summed E-state index contributed by atoms with van der Waals surface area (Å²) in [4.78, 5) is 21.6. The summed E-state index contributed by atoms with van der Waals surface area (Å²) in [5, 5.41) is 24.5. The molecular formula is C15H15ClFN5O3. The second kappa shape index (κ2) is 6.41. The van der Waals surface area contributed by atoms with E-state index in [0.717, 1.165) is 6.07 Å². The lowest BCUT2D eigenvalue weighted by Gasteiger charge is -2.32. The predicted octanol–water partition coefficient (Wildman–Crippen LogP) is 1.18. The number of hydrogen-bond donors (Lipinski definition) is 2. The van der Waals surface area contributed by atoms with E-state index in [-0.39, 0.29) is 16.1 Å². The number of carbonyl (C=O) groups is 1. The first-order valence-corrected chi connectivity index (χ1v) is 8.00. The minimum Gasteiger partial charge on any atom is -0.709 e. The Balaban J connectivity index is 2.35. The fraction of sp³-hybridized carbons (Fsp3) is 0.333. The topological polar surface area (TPSA) is 105 Å². The largest absolute Gasteiger partial charge is 0.709 e. The number of fused-ring (bicyclic) bond motifs is 1. The number of amides is 1. The Labute approximate surface area is 147 Å². The first kappa shape index (κ1) is 17.3. The molecule has 10 heteroatoms. The Morgan fingerprint density at radius 2 is 2.00 bits per heavy atom. The van der Waals surface area contributed by atoms with Gasteiger partial charge in [-0.15, -0.1) is 0 Å². The Morgan fingerprint density at radius 3 is 2.56 bits per heavy atom. The molecule has 132 valence electrons. The van der Waals surface area contributed by atoms with Gasteiger partial charge in [0.2, 0.25) is 5.15 Å². The second-order valence-electron chi connectivity index (χ2n) is 5.35. The minimum atomic E-state index is -1.55. The Hall–Kier alpha value is -2.52. The molecule has 1 amide bonds. The van der Waals surface area contributed by atoms with Crippen LogP contribution in [-0.2, 0) is 12.8 Å². The highest BCUT2D eigenvalue weighted by Crippen LogP contribution is 2.35. The number of aryl methyl sites for hydroxylation is 2. The van der Waals surface area contributed by atoms with Gasteiger partial charge in [-0.25, -0.2) is 19.1 Å². The monoisotopic (exact) mass is 367 g/mol. The number of nitrogens with one attached hydrogen (secondary N) is 1.